The van der Waals surface area contributed by atoms with E-state index in [4.69, 9.17) is 8.83 Å². The van der Waals surface area contributed by atoms with Gasteiger partial charge in [0.1, 0.15) is 12.0 Å². The van der Waals surface area contributed by atoms with Gasteiger partial charge in [0, 0.05) is 16.8 Å². The van der Waals surface area contributed by atoms with Crippen LogP contribution in [0.25, 0.3) is 22.7 Å². The van der Waals surface area contributed by atoms with Crippen LogP contribution in [-0.2, 0) is 0 Å². The summed E-state index contributed by atoms with van der Waals surface area (Å²) in [6.07, 6.45) is 3.11. The highest BCUT2D eigenvalue weighted by Gasteiger charge is 2.11. The van der Waals surface area contributed by atoms with Crippen LogP contribution >= 0.6 is 0 Å². The number of oxazole rings is 1. The molecule has 0 aliphatic rings. The Hall–Kier alpha value is -3.60. The van der Waals surface area contributed by atoms with Crippen LogP contribution in [0.2, 0.25) is 0 Å². The summed E-state index contributed by atoms with van der Waals surface area (Å²) in [5, 5.41) is 2.78. The summed E-state index contributed by atoms with van der Waals surface area (Å²) in [7, 11) is 0. The Morgan fingerprint density at radius 3 is 2.35 bits per heavy atom. The van der Waals surface area contributed by atoms with Crippen LogP contribution < -0.4 is 5.32 Å². The van der Waals surface area contributed by atoms with Gasteiger partial charge in [-0.3, -0.25) is 4.79 Å². The molecule has 0 bridgehead atoms. The van der Waals surface area contributed by atoms with Gasteiger partial charge in [0.25, 0.3) is 5.91 Å². The molecule has 0 atom stereocenters. The number of hydrogen-bond acceptors (Lipinski definition) is 4. The molecule has 0 aliphatic heterocycles. The van der Waals surface area contributed by atoms with E-state index in [0.717, 1.165) is 16.8 Å². The summed E-state index contributed by atoms with van der Waals surface area (Å²) >= 11 is 0. The molecule has 0 unspecified atom stereocenters. The van der Waals surface area contributed by atoms with Gasteiger partial charge in [-0.15, -0.1) is 0 Å². The lowest BCUT2D eigenvalue weighted by Gasteiger charge is -2.03. The molecule has 5 heteroatoms. The Labute approximate surface area is 150 Å². The molecule has 2 aromatic heterocycles. The van der Waals surface area contributed by atoms with Crippen molar-refractivity contribution in [3.05, 3.63) is 84.5 Å². The molecule has 0 radical (unpaired) electrons. The fourth-order valence-corrected chi connectivity index (χ4v) is 2.56. The van der Waals surface area contributed by atoms with E-state index < -0.39 is 0 Å². The molecule has 4 rings (SSSR count). The predicted octanol–water partition coefficient (Wildman–Crippen LogP) is 5.16. The van der Waals surface area contributed by atoms with E-state index in [1.54, 1.807) is 30.5 Å². The Kier molecular flexibility index (Phi) is 4.11. The number of nitrogens with one attached hydrogen (secondary N) is 1. The maximum atomic E-state index is 12.0. The van der Waals surface area contributed by atoms with Gasteiger partial charge in [-0.2, -0.15) is 0 Å². The van der Waals surface area contributed by atoms with Crippen LogP contribution in [-0.4, -0.2) is 10.9 Å². The number of aromatic nitrogens is 1. The molecule has 0 saturated carbocycles. The Balaban J connectivity index is 1.50. The number of carbonyl (C=O) groups excluding carboxylic acids is 1. The van der Waals surface area contributed by atoms with Crippen molar-refractivity contribution in [2.75, 3.05) is 5.32 Å². The molecule has 0 fully saturated rings. The summed E-state index contributed by atoms with van der Waals surface area (Å²) in [5.41, 5.74) is 4.49. The largest absolute Gasteiger partial charge is 0.459 e. The van der Waals surface area contributed by atoms with Gasteiger partial charge in [-0.1, -0.05) is 29.8 Å². The first-order valence-electron chi connectivity index (χ1n) is 8.17. The van der Waals surface area contributed by atoms with E-state index in [-0.39, 0.29) is 11.7 Å². The third kappa shape index (κ3) is 3.28. The topological polar surface area (TPSA) is 68.3 Å². The minimum absolute atomic E-state index is 0.268. The first kappa shape index (κ1) is 15.9. The van der Waals surface area contributed by atoms with Crippen molar-refractivity contribution in [3.63, 3.8) is 0 Å². The molecule has 1 N–H and O–H groups in total. The third-order valence-corrected chi connectivity index (χ3v) is 3.99. The molecule has 2 heterocycles. The SMILES string of the molecule is Cc1ccc(-c2coc(-c3ccc(NC(=O)c4ccco4)cc3)n2)cc1. The van der Waals surface area contributed by atoms with Gasteiger partial charge in [0.2, 0.25) is 5.89 Å². The van der Waals surface area contributed by atoms with Crippen molar-refractivity contribution in [1.82, 2.24) is 4.98 Å². The lowest BCUT2D eigenvalue weighted by Crippen LogP contribution is -2.10. The summed E-state index contributed by atoms with van der Waals surface area (Å²) in [6.45, 7) is 2.05. The van der Waals surface area contributed by atoms with Gasteiger partial charge in [-0.25, -0.2) is 4.98 Å². The number of anilines is 1. The average Bonchev–Trinajstić information content (AvgIpc) is 3.35. The average molecular weight is 344 g/mol. The predicted molar refractivity (Wildman–Crippen MR) is 98.8 cm³/mol. The first-order valence-corrected chi connectivity index (χ1v) is 8.17. The Bertz CT molecular complexity index is 1010. The molecule has 1 amide bonds. The molecule has 128 valence electrons. The molecule has 2 aromatic carbocycles. The molecule has 0 aliphatic carbocycles. The second-order valence-corrected chi connectivity index (χ2v) is 5.91. The smallest absolute Gasteiger partial charge is 0.291 e. The van der Waals surface area contributed by atoms with E-state index >= 15 is 0 Å². The Morgan fingerprint density at radius 1 is 0.923 bits per heavy atom. The summed E-state index contributed by atoms with van der Waals surface area (Å²) in [6, 6.07) is 18.7. The molecule has 5 nitrogen and oxygen atoms in total. The van der Waals surface area contributed by atoms with Crippen molar-refractivity contribution in [3.8, 4) is 22.7 Å². The lowest BCUT2D eigenvalue weighted by atomic mass is 10.1. The molecule has 26 heavy (non-hydrogen) atoms. The van der Waals surface area contributed by atoms with Crippen LogP contribution in [0.4, 0.5) is 5.69 Å². The summed E-state index contributed by atoms with van der Waals surface area (Å²) in [4.78, 5) is 16.5. The second-order valence-electron chi connectivity index (χ2n) is 5.91. The zero-order valence-corrected chi connectivity index (χ0v) is 14.1. The van der Waals surface area contributed by atoms with E-state index in [9.17, 15) is 4.79 Å². The molecule has 0 spiro atoms. The highest BCUT2D eigenvalue weighted by molar-refractivity contribution is 6.02. The second kappa shape index (κ2) is 6.72. The number of nitrogens with zero attached hydrogens (tertiary/aromatic N) is 1. The summed E-state index contributed by atoms with van der Waals surface area (Å²) in [5.74, 6) is 0.509. The van der Waals surface area contributed by atoms with E-state index in [1.807, 2.05) is 43.3 Å². The zero-order chi connectivity index (χ0) is 17.9. The van der Waals surface area contributed by atoms with Gasteiger partial charge in [0.15, 0.2) is 5.76 Å². The maximum Gasteiger partial charge on any atom is 0.291 e. The van der Waals surface area contributed by atoms with E-state index in [2.05, 4.69) is 10.3 Å². The van der Waals surface area contributed by atoms with Crippen LogP contribution in [0.5, 0.6) is 0 Å². The van der Waals surface area contributed by atoms with Gasteiger partial charge < -0.3 is 14.2 Å². The minimum atomic E-state index is -0.291. The van der Waals surface area contributed by atoms with Crippen LogP contribution in [0.15, 0.2) is 82.0 Å². The highest BCUT2D eigenvalue weighted by atomic mass is 16.3. The molecular formula is C21H16N2O3. The fourth-order valence-electron chi connectivity index (χ4n) is 2.56. The first-order chi connectivity index (χ1) is 12.7. The maximum absolute atomic E-state index is 12.0. The number of furan rings is 1. The van der Waals surface area contributed by atoms with E-state index in [0.29, 0.717) is 11.6 Å². The highest BCUT2D eigenvalue weighted by Crippen LogP contribution is 2.26. The molecule has 0 saturated heterocycles. The molecular weight excluding hydrogens is 328 g/mol. The van der Waals surface area contributed by atoms with Crippen molar-refractivity contribution in [2.24, 2.45) is 0 Å². The minimum Gasteiger partial charge on any atom is -0.459 e. The standard InChI is InChI=1S/C21H16N2O3/c1-14-4-6-15(7-5-14)18-13-26-21(23-18)16-8-10-17(11-9-16)22-20(24)19-3-2-12-25-19/h2-13H,1H3,(H,22,24). The van der Waals surface area contributed by atoms with Crippen molar-refractivity contribution in [2.45, 2.75) is 6.92 Å². The summed E-state index contributed by atoms with van der Waals surface area (Å²) < 4.78 is 10.7. The van der Waals surface area contributed by atoms with E-state index in [1.165, 1.54) is 11.8 Å². The van der Waals surface area contributed by atoms with Crippen molar-refractivity contribution < 1.29 is 13.6 Å². The van der Waals surface area contributed by atoms with Crippen LogP contribution in [0, 0.1) is 6.92 Å². The monoisotopic (exact) mass is 344 g/mol. The van der Waals surface area contributed by atoms with Crippen molar-refractivity contribution in [1.29, 1.82) is 0 Å². The third-order valence-electron chi connectivity index (χ3n) is 3.99. The van der Waals surface area contributed by atoms with Crippen molar-refractivity contribution >= 4 is 11.6 Å². The normalized spacial score (nSPS) is 10.7. The molecule has 4 aromatic rings. The number of aryl methyl sites for hydroxylation is 1. The van der Waals surface area contributed by atoms with Gasteiger partial charge in [0.05, 0.1) is 6.26 Å². The number of rotatable bonds is 4. The number of amides is 1. The van der Waals surface area contributed by atoms with Gasteiger partial charge >= 0.3 is 0 Å². The zero-order valence-electron chi connectivity index (χ0n) is 14.1. The number of hydrogen-bond donors (Lipinski definition) is 1. The van der Waals surface area contributed by atoms with Crippen LogP contribution in [0.1, 0.15) is 16.1 Å². The number of carbonyl (C=O) groups is 1. The quantitative estimate of drug-likeness (QED) is 0.555. The van der Waals surface area contributed by atoms with Gasteiger partial charge in [-0.05, 0) is 43.3 Å². The van der Waals surface area contributed by atoms with Crippen LogP contribution in [0.3, 0.4) is 0 Å². The fraction of sp³-hybridized carbons (Fsp3) is 0.0476. The number of benzene rings is 2. The lowest BCUT2D eigenvalue weighted by molar-refractivity contribution is 0.0996. The Morgan fingerprint density at radius 2 is 1.65 bits per heavy atom.